The maximum Gasteiger partial charge on any atom is 1.00 e. The zero-order valence-corrected chi connectivity index (χ0v) is 77.9. The number of hydrogen-bond acceptors (Lipinski definition) is 29. The fourth-order valence-electron chi connectivity index (χ4n) is 7.17. The van der Waals surface area contributed by atoms with E-state index >= 15 is 0 Å². The number of rotatable bonds is 32. The van der Waals surface area contributed by atoms with Crippen LogP contribution in [-0.2, 0) is 101 Å². The number of aromatic carboxylic acids is 2. The number of phosphoric ester groups is 1. The molecule has 0 aromatic heterocycles. The van der Waals surface area contributed by atoms with Crippen molar-refractivity contribution in [1.29, 1.82) is 0 Å². The molecule has 112 heavy (non-hydrogen) atoms. The number of amides is 2. The van der Waals surface area contributed by atoms with E-state index in [-0.39, 0.29) is 227 Å². The summed E-state index contributed by atoms with van der Waals surface area (Å²) in [7, 11) is -21.0. The zero-order chi connectivity index (χ0) is 83.8. The van der Waals surface area contributed by atoms with Crippen molar-refractivity contribution in [2.24, 2.45) is 11.8 Å². The van der Waals surface area contributed by atoms with Crippen LogP contribution in [0.25, 0.3) is 12.2 Å². The molecule has 2 amide bonds. The third-order valence-electron chi connectivity index (χ3n) is 11.7. The van der Waals surface area contributed by atoms with Crippen LogP contribution < -0.4 is 174 Å². The predicted molar refractivity (Wildman–Crippen MR) is 377 cm³/mol. The Balaban J connectivity index is -0.000000156. The predicted octanol–water partition coefficient (Wildman–Crippen LogP) is -13.2. The monoisotopic (exact) mass is 1720 g/mol. The van der Waals surface area contributed by atoms with Crippen LogP contribution in [-0.4, -0.2) is 187 Å². The Kier molecular flexibility index (Phi) is 73.4. The number of carbonyl (C=O) groups excluding carboxylic acids is 10. The Hall–Kier alpha value is -4.57. The van der Waals surface area contributed by atoms with Crippen molar-refractivity contribution >= 4 is 117 Å². The molecule has 3 aromatic carbocycles. The van der Waals surface area contributed by atoms with Crippen LogP contribution in [0.3, 0.4) is 0 Å². The molecular formula is C66H85N2Na5O34P2S3. The van der Waals surface area contributed by atoms with Crippen LogP contribution in [0.15, 0.2) is 166 Å². The quantitative estimate of drug-likeness (QED) is 0.00580. The van der Waals surface area contributed by atoms with Gasteiger partial charge in [0, 0.05) is 40.5 Å². The number of benzene rings is 3. The van der Waals surface area contributed by atoms with E-state index in [9.17, 15) is 107 Å². The Morgan fingerprint density at radius 3 is 1.35 bits per heavy atom. The molecule has 0 aliphatic heterocycles. The van der Waals surface area contributed by atoms with Gasteiger partial charge in [-0.3, -0.25) is 32.8 Å². The average Bonchev–Trinajstić information content (AvgIpc) is 0.844. The molecule has 0 bridgehead atoms. The molecule has 596 valence electrons. The van der Waals surface area contributed by atoms with E-state index in [1.54, 1.807) is 24.3 Å². The molecule has 1 aliphatic carbocycles. The number of esters is 4. The molecule has 0 spiro atoms. The maximum absolute atomic E-state index is 11.8. The number of carboxylic acids is 3. The van der Waals surface area contributed by atoms with Crippen molar-refractivity contribution in [1.82, 2.24) is 10.6 Å². The number of hydrogen-bond donors (Lipinski definition) is 7. The van der Waals surface area contributed by atoms with E-state index in [1.807, 2.05) is 0 Å². The summed E-state index contributed by atoms with van der Waals surface area (Å²) < 4.78 is 140. The van der Waals surface area contributed by atoms with Crippen molar-refractivity contribution in [3.63, 3.8) is 0 Å². The smallest absolute Gasteiger partial charge is 0.748 e. The Labute approximate surface area is 761 Å². The van der Waals surface area contributed by atoms with Crippen LogP contribution >= 0.6 is 15.4 Å². The largest absolute Gasteiger partial charge is 1.00 e. The number of aliphatic carboxylic acids is 1. The molecule has 0 heterocycles. The van der Waals surface area contributed by atoms with Crippen molar-refractivity contribution in [3.8, 4) is 0 Å². The summed E-state index contributed by atoms with van der Waals surface area (Å²) in [5.74, 6) is -9.69. The van der Waals surface area contributed by atoms with E-state index in [1.165, 1.54) is 95.3 Å². The second-order valence-corrected chi connectivity index (χ2v) is 29.0. The first-order valence-corrected chi connectivity index (χ1v) is 37.9. The van der Waals surface area contributed by atoms with Gasteiger partial charge in [-0.2, -0.15) is 8.42 Å². The zero-order valence-electron chi connectivity index (χ0n) is 63.7. The second-order valence-electron chi connectivity index (χ2n) is 22.0. The fraction of sp³-hybridized carbons (Fsp3) is 0.333. The molecular weight excluding hydrogens is 1640 g/mol. The Bertz CT molecular complexity index is 3960. The standard InChI is InChI=1S/C14H20O6.C13H12O6.C9H8O2.C8H8O3S.2C7H13NO4S.C6H11O6P.C2H5O3P.5Na/c1-9(2)13(17)19-7-8-20-14(18)11-6-4-3-5-10(11)12(15)16;1-2-11(14)18-7-8-19-13(17)10-6-4-3-5-9(10)12(15)16;1-2-7-3-5-8(6-4-7)9(10)11;1-2-7-3-5-8(6-4-7)12(9,10)11;2*1-4-6(9)8-7(2,3)5-13(10,11)12;1-2-6(7)5-11-3-4-12-13(8,9)10;1-2-6(3,4)5;;;;;/h10-11H,1,3-8H2,2H3,(H,15,16);2-6H,1,7-8H2,(H,15,16);2-6H,1H2,(H,10,11);2-6H,1H2,(H,9,10,11);2*4H,1,5H2,2-3H3,(H,8,9)(H,10,11,12);2H,1,3-5H2,(H2,8,9,10);2H,1H2,(H2,3,4,5);;;;;/q;;;;;;;;5*+1/p-5. The molecule has 1 aliphatic rings. The molecule has 1 fully saturated rings. The van der Waals surface area contributed by atoms with Crippen LogP contribution in [0.4, 0.5) is 0 Å². The van der Waals surface area contributed by atoms with Gasteiger partial charge in [0.25, 0.3) is 10.1 Å². The van der Waals surface area contributed by atoms with Crippen LogP contribution in [0.1, 0.15) is 103 Å². The number of carboxylic acid groups (broad SMARTS) is 3. The second kappa shape index (κ2) is 65.5. The van der Waals surface area contributed by atoms with E-state index in [2.05, 4.69) is 72.5 Å². The number of ketones is 1. The summed E-state index contributed by atoms with van der Waals surface area (Å²) in [6, 6.07) is 17.4. The summed E-state index contributed by atoms with van der Waals surface area (Å²) in [5.41, 5.74) is -0.299. The molecule has 46 heteroatoms. The van der Waals surface area contributed by atoms with Crippen molar-refractivity contribution in [3.05, 3.63) is 189 Å². The first-order valence-electron chi connectivity index (χ1n) is 30.1. The maximum atomic E-state index is 11.8. The molecule has 3 aromatic rings. The summed E-state index contributed by atoms with van der Waals surface area (Å²) in [6.45, 7) is 32.6. The van der Waals surface area contributed by atoms with Crippen LogP contribution in [0, 0.1) is 11.8 Å². The van der Waals surface area contributed by atoms with Gasteiger partial charge in [0.1, 0.15) is 43.2 Å². The molecule has 0 saturated heterocycles. The summed E-state index contributed by atoms with van der Waals surface area (Å²) in [4.78, 5) is 141. The third-order valence-corrected chi connectivity index (χ3v) is 15.7. The first-order chi connectivity index (χ1) is 49.1. The molecule has 7 N–H and O–H groups in total. The molecule has 2 unspecified atom stereocenters. The van der Waals surface area contributed by atoms with E-state index in [0.29, 0.717) is 18.7 Å². The summed E-state index contributed by atoms with van der Waals surface area (Å²) >= 11 is 0. The number of carbonyl (C=O) groups is 10. The van der Waals surface area contributed by atoms with Crippen molar-refractivity contribution < 1.29 is 307 Å². The van der Waals surface area contributed by atoms with E-state index in [0.717, 1.165) is 48.3 Å². The minimum Gasteiger partial charge on any atom is -0.748 e. The fourth-order valence-corrected chi connectivity index (χ4v) is 9.89. The van der Waals surface area contributed by atoms with Gasteiger partial charge in [0.2, 0.25) is 11.8 Å². The Morgan fingerprint density at radius 2 is 0.982 bits per heavy atom. The van der Waals surface area contributed by atoms with Gasteiger partial charge in [-0.05, 0) is 101 Å². The minimum atomic E-state index is -4.42. The van der Waals surface area contributed by atoms with Gasteiger partial charge in [-0.25, -0.2) is 35.8 Å². The van der Waals surface area contributed by atoms with E-state index < -0.39 is 134 Å². The van der Waals surface area contributed by atoms with E-state index in [4.69, 9.17) is 43.1 Å². The normalized spacial score (nSPS) is 12.3. The van der Waals surface area contributed by atoms with Gasteiger partial charge in [0.15, 0.2) is 5.78 Å². The van der Waals surface area contributed by atoms with Gasteiger partial charge in [0.05, 0.1) is 68.7 Å². The molecule has 4 rings (SSSR count). The Morgan fingerprint density at radius 1 is 0.562 bits per heavy atom. The SMILES string of the molecule is C=C(C)C(=O)OCCOC(=O)C1CCCCC1C(=O)[O-].C=CC(=O)COCCOP(=O)(O)O.C=CC(=O)NC(C)(C)CS(=O)(=O)O.C=CC(=O)NC(C)(C)CS(=O)(=O)[O-].C=CC(=O)OCCOC(=O)c1ccccc1C(=O)[O-].C=CP(=O)(O)O.C=Cc1ccc(C(=O)[O-])cc1.C=Cc1ccc(S(=O)(=O)[O-])cc1.[Na+].[Na+].[Na+].[Na+].[Na+]. The molecule has 1 saturated carbocycles. The van der Waals surface area contributed by atoms with Crippen LogP contribution in [0.5, 0.6) is 0 Å². The van der Waals surface area contributed by atoms with Gasteiger partial charge in [-0.15, -0.1) is 0 Å². The first kappa shape index (κ1) is 126. The number of phosphoric acid groups is 1. The minimum absolute atomic E-state index is 0. The average molecular weight is 1720 g/mol. The van der Waals surface area contributed by atoms with Gasteiger partial charge >= 0.3 is 187 Å². The topological polar surface area (TPSA) is 603 Å². The van der Waals surface area contributed by atoms with Crippen molar-refractivity contribution in [2.75, 3.05) is 57.8 Å². The van der Waals surface area contributed by atoms with Crippen molar-refractivity contribution in [2.45, 2.75) is 76.3 Å². The molecule has 2 atom stereocenters. The van der Waals surface area contributed by atoms with Crippen LogP contribution in [0.2, 0.25) is 0 Å². The number of nitrogens with one attached hydrogen (secondary N) is 2. The molecule has 0 radical (unpaired) electrons. The summed E-state index contributed by atoms with van der Waals surface area (Å²) in [6.07, 6.45) is 9.85. The molecule has 36 nitrogen and oxygen atoms in total. The van der Waals surface area contributed by atoms with Gasteiger partial charge in [-0.1, -0.05) is 132 Å². The third kappa shape index (κ3) is 70.8. The van der Waals surface area contributed by atoms with Gasteiger partial charge < -0.3 is 92.7 Å². The summed E-state index contributed by atoms with van der Waals surface area (Å²) in [5, 5.41) is 36.7. The number of ether oxygens (including phenoxy) is 5.